The molecule has 3 N–H and O–H groups in total. The number of H-pyrrole nitrogens is 1. The Kier molecular flexibility index (Phi) is 7.59. The van der Waals surface area contributed by atoms with Crippen LogP contribution in [0.3, 0.4) is 0 Å². The van der Waals surface area contributed by atoms with Crippen molar-refractivity contribution in [1.82, 2.24) is 25.4 Å². The van der Waals surface area contributed by atoms with E-state index >= 15 is 0 Å². The summed E-state index contributed by atoms with van der Waals surface area (Å²) in [7, 11) is 3.34. The number of hydrogen-bond acceptors (Lipinski definition) is 4. The minimum Gasteiger partial charge on any atom is -0.497 e. The monoisotopic (exact) mass is 412 g/mol. The number of ether oxygens (including phenoxy) is 2. The lowest BCUT2D eigenvalue weighted by Crippen LogP contribution is -2.39. The van der Waals surface area contributed by atoms with Crippen LogP contribution in [0.5, 0.6) is 11.5 Å². The van der Waals surface area contributed by atoms with Crippen LogP contribution < -0.4 is 20.1 Å². The number of benzene rings is 1. The Morgan fingerprint density at radius 1 is 1.20 bits per heavy atom. The Morgan fingerprint density at radius 3 is 2.77 bits per heavy atom. The van der Waals surface area contributed by atoms with Crippen LogP contribution in [0.1, 0.15) is 24.6 Å². The Morgan fingerprint density at radius 2 is 2.07 bits per heavy atom. The third kappa shape index (κ3) is 5.68. The summed E-state index contributed by atoms with van der Waals surface area (Å²) in [6.45, 7) is 7.26. The Bertz CT molecular complexity index is 975. The lowest BCUT2D eigenvalue weighted by molar-refractivity contribution is 0.398. The van der Waals surface area contributed by atoms with Crippen molar-refractivity contribution in [1.29, 1.82) is 0 Å². The molecule has 30 heavy (non-hydrogen) atoms. The fourth-order valence-corrected chi connectivity index (χ4v) is 3.34. The molecule has 0 bridgehead atoms. The number of aromatic amines is 1. The molecule has 0 unspecified atom stereocenters. The van der Waals surface area contributed by atoms with Gasteiger partial charge in [-0.15, -0.1) is 0 Å². The molecule has 0 saturated heterocycles. The molecule has 2 aromatic heterocycles. The normalized spacial score (nSPS) is 11.7. The van der Waals surface area contributed by atoms with Crippen molar-refractivity contribution in [2.24, 2.45) is 4.99 Å². The third-order valence-corrected chi connectivity index (χ3v) is 4.80. The van der Waals surface area contributed by atoms with Gasteiger partial charge in [0.15, 0.2) is 5.96 Å². The highest BCUT2D eigenvalue weighted by Gasteiger charge is 2.09. The first-order valence-electron chi connectivity index (χ1n) is 10.4. The second-order valence-corrected chi connectivity index (χ2v) is 7.16. The van der Waals surface area contributed by atoms with E-state index in [1.165, 1.54) is 11.3 Å². The lowest BCUT2D eigenvalue weighted by atomic mass is 10.2. The van der Waals surface area contributed by atoms with E-state index < -0.39 is 0 Å². The Labute approximate surface area is 177 Å². The fraction of sp³-hybridized carbons (Fsp3) is 0.455. The van der Waals surface area contributed by atoms with Crippen LogP contribution in [-0.2, 0) is 13.0 Å². The molecule has 8 nitrogen and oxygen atoms in total. The van der Waals surface area contributed by atoms with Crippen LogP contribution in [0.15, 0.2) is 35.6 Å². The van der Waals surface area contributed by atoms with Crippen LogP contribution in [0.25, 0.3) is 10.9 Å². The van der Waals surface area contributed by atoms with E-state index in [2.05, 4.69) is 38.7 Å². The van der Waals surface area contributed by atoms with Crippen molar-refractivity contribution < 1.29 is 9.47 Å². The molecule has 0 fully saturated rings. The van der Waals surface area contributed by atoms with Gasteiger partial charge >= 0.3 is 0 Å². The van der Waals surface area contributed by atoms with E-state index in [4.69, 9.17) is 9.47 Å². The molecule has 0 saturated carbocycles. The van der Waals surface area contributed by atoms with Gasteiger partial charge in [0, 0.05) is 49.0 Å². The van der Waals surface area contributed by atoms with Crippen LogP contribution in [0, 0.1) is 6.92 Å². The van der Waals surface area contributed by atoms with Crippen molar-refractivity contribution >= 4 is 16.9 Å². The number of nitrogens with one attached hydrogen (secondary N) is 3. The molecule has 0 aliphatic carbocycles. The van der Waals surface area contributed by atoms with E-state index in [1.807, 2.05) is 36.1 Å². The summed E-state index contributed by atoms with van der Waals surface area (Å²) < 4.78 is 12.8. The predicted octanol–water partition coefficient (Wildman–Crippen LogP) is 2.88. The van der Waals surface area contributed by atoms with E-state index in [1.54, 1.807) is 14.2 Å². The molecular weight excluding hydrogens is 380 g/mol. The molecule has 0 spiro atoms. The zero-order chi connectivity index (χ0) is 21.3. The number of aromatic nitrogens is 3. The third-order valence-electron chi connectivity index (χ3n) is 4.80. The molecule has 0 aliphatic rings. The molecule has 0 aliphatic heterocycles. The number of rotatable bonds is 10. The highest BCUT2D eigenvalue weighted by Crippen LogP contribution is 2.31. The van der Waals surface area contributed by atoms with Gasteiger partial charge in [0.1, 0.15) is 11.5 Å². The second kappa shape index (κ2) is 10.6. The maximum absolute atomic E-state index is 5.49. The van der Waals surface area contributed by atoms with Gasteiger partial charge in [-0.25, -0.2) is 0 Å². The summed E-state index contributed by atoms with van der Waals surface area (Å²) in [4.78, 5) is 8.15. The quantitative estimate of drug-likeness (QED) is 0.271. The molecule has 3 rings (SSSR count). The van der Waals surface area contributed by atoms with E-state index in [0.717, 1.165) is 67.4 Å². The number of fused-ring (bicyclic) bond motifs is 1. The summed E-state index contributed by atoms with van der Waals surface area (Å²) in [6.07, 6.45) is 5.77. The van der Waals surface area contributed by atoms with Crippen molar-refractivity contribution in [3.63, 3.8) is 0 Å². The van der Waals surface area contributed by atoms with Gasteiger partial charge in [-0.2, -0.15) is 5.10 Å². The summed E-state index contributed by atoms with van der Waals surface area (Å²) in [5.41, 5.74) is 3.36. The predicted molar refractivity (Wildman–Crippen MR) is 121 cm³/mol. The zero-order valence-electron chi connectivity index (χ0n) is 18.3. The van der Waals surface area contributed by atoms with Crippen molar-refractivity contribution in [2.45, 2.75) is 33.2 Å². The average molecular weight is 413 g/mol. The molecule has 162 valence electrons. The van der Waals surface area contributed by atoms with Gasteiger partial charge in [0.05, 0.1) is 32.5 Å². The van der Waals surface area contributed by atoms with Gasteiger partial charge in [0.25, 0.3) is 0 Å². The van der Waals surface area contributed by atoms with Gasteiger partial charge < -0.3 is 25.1 Å². The minimum atomic E-state index is 0.742. The largest absolute Gasteiger partial charge is 0.497 e. The number of aliphatic imine (C=N–C) groups is 1. The Hall–Kier alpha value is -3.16. The highest BCUT2D eigenvalue weighted by molar-refractivity contribution is 5.88. The Balaban J connectivity index is 1.52. The molecule has 0 radical (unpaired) electrons. The molecule has 3 aromatic rings. The summed E-state index contributed by atoms with van der Waals surface area (Å²) >= 11 is 0. The van der Waals surface area contributed by atoms with Crippen molar-refractivity contribution in [3.05, 3.63) is 41.9 Å². The summed E-state index contributed by atoms with van der Waals surface area (Å²) in [6, 6.07) is 6.05. The maximum atomic E-state index is 5.49. The van der Waals surface area contributed by atoms with Crippen LogP contribution >= 0.6 is 0 Å². The van der Waals surface area contributed by atoms with E-state index in [0.29, 0.717) is 0 Å². The standard InChI is InChI=1S/C22H32N6O2/c1-5-23-22(25-9-10-28-15-16(2)14-26-28)24-8-6-7-17-11-19-20(27-17)12-18(29-3)13-21(19)30-4/h11-15,27H,5-10H2,1-4H3,(H2,23,24,25). The van der Waals surface area contributed by atoms with E-state index in [-0.39, 0.29) is 0 Å². The maximum Gasteiger partial charge on any atom is 0.191 e. The smallest absolute Gasteiger partial charge is 0.191 e. The average Bonchev–Trinajstić information content (AvgIpc) is 3.35. The molecule has 0 amide bonds. The molecule has 8 heteroatoms. The number of methoxy groups -OCH3 is 2. The summed E-state index contributed by atoms with van der Waals surface area (Å²) in [5.74, 6) is 2.43. The topological polar surface area (TPSA) is 88.5 Å². The first kappa shape index (κ1) is 21.5. The number of hydrogen-bond donors (Lipinski definition) is 3. The van der Waals surface area contributed by atoms with Gasteiger partial charge in [-0.1, -0.05) is 0 Å². The molecular formula is C22H32N6O2. The minimum absolute atomic E-state index is 0.742. The fourth-order valence-electron chi connectivity index (χ4n) is 3.34. The zero-order valence-corrected chi connectivity index (χ0v) is 18.3. The van der Waals surface area contributed by atoms with Crippen molar-refractivity contribution in [2.75, 3.05) is 33.9 Å². The first-order valence-corrected chi connectivity index (χ1v) is 10.4. The van der Waals surface area contributed by atoms with Gasteiger partial charge in [-0.3, -0.25) is 9.67 Å². The lowest BCUT2D eigenvalue weighted by Gasteiger charge is -2.11. The molecule has 0 atom stereocenters. The number of aryl methyl sites for hydroxylation is 2. The number of nitrogens with zero attached hydrogens (tertiary/aromatic N) is 3. The second-order valence-electron chi connectivity index (χ2n) is 7.16. The molecule has 1 aromatic carbocycles. The molecule has 2 heterocycles. The summed E-state index contributed by atoms with van der Waals surface area (Å²) in [5, 5.41) is 12.0. The number of guanidine groups is 1. The highest BCUT2D eigenvalue weighted by atomic mass is 16.5. The van der Waals surface area contributed by atoms with Crippen molar-refractivity contribution in [3.8, 4) is 11.5 Å². The van der Waals surface area contributed by atoms with Crippen LogP contribution in [0.2, 0.25) is 0 Å². The SMILES string of the molecule is CCNC(=NCCCc1cc2c(OC)cc(OC)cc2[nH]1)NCCn1cc(C)cn1. The first-order chi connectivity index (χ1) is 14.6. The van der Waals surface area contributed by atoms with Crippen LogP contribution in [0.4, 0.5) is 0 Å². The van der Waals surface area contributed by atoms with Crippen LogP contribution in [-0.4, -0.2) is 54.6 Å². The van der Waals surface area contributed by atoms with Gasteiger partial charge in [-0.05, 0) is 38.3 Å². The van der Waals surface area contributed by atoms with Gasteiger partial charge in [0.2, 0.25) is 0 Å². The van der Waals surface area contributed by atoms with E-state index in [9.17, 15) is 0 Å².